The quantitative estimate of drug-likeness (QED) is 0.733. The Morgan fingerprint density at radius 2 is 1.93 bits per heavy atom. The van der Waals surface area contributed by atoms with Gasteiger partial charge in [0.15, 0.2) is 5.13 Å². The molecule has 0 atom stereocenters. The molecule has 146 valence electrons. The minimum absolute atomic E-state index is 0.00775. The van der Waals surface area contributed by atoms with Crippen molar-refractivity contribution < 1.29 is 22.7 Å². The number of thiazole rings is 1. The molecule has 27 heavy (non-hydrogen) atoms. The van der Waals surface area contributed by atoms with Crippen LogP contribution < -0.4 is 5.32 Å². The van der Waals surface area contributed by atoms with Crippen molar-refractivity contribution in [2.45, 2.75) is 31.1 Å². The smallest absolute Gasteiger partial charge is 0.350 e. The molecular formula is C16H19N3O5S3. The van der Waals surface area contributed by atoms with Gasteiger partial charge in [0, 0.05) is 13.1 Å². The number of nitrogens with one attached hydrogen (secondary N) is 1. The van der Waals surface area contributed by atoms with Crippen molar-refractivity contribution in [3.05, 3.63) is 26.9 Å². The standard InChI is InChI=1S/C16H19N3O5S3/c1-10-12(15(21)24-2)26-16(17-10)18-14(20)13-11(6-9-25-13)27(22,23)19-7-4-3-5-8-19/h6,9H,3-5,7-8H2,1-2H3,(H,17,18,20). The summed E-state index contributed by atoms with van der Waals surface area (Å²) in [4.78, 5) is 28.9. The molecule has 11 heteroatoms. The van der Waals surface area contributed by atoms with E-state index >= 15 is 0 Å². The molecule has 0 radical (unpaired) electrons. The lowest BCUT2D eigenvalue weighted by Crippen LogP contribution is -2.36. The normalized spacial score (nSPS) is 15.5. The number of ether oxygens (including phenoxy) is 1. The van der Waals surface area contributed by atoms with Gasteiger partial charge in [0.05, 0.1) is 12.8 Å². The maximum absolute atomic E-state index is 12.9. The Hall–Kier alpha value is -1.82. The van der Waals surface area contributed by atoms with Crippen molar-refractivity contribution in [1.29, 1.82) is 0 Å². The van der Waals surface area contributed by atoms with E-state index in [4.69, 9.17) is 0 Å². The van der Waals surface area contributed by atoms with Crippen LogP contribution in [0.1, 0.15) is 44.3 Å². The Labute approximate surface area is 165 Å². The zero-order valence-electron chi connectivity index (χ0n) is 14.9. The van der Waals surface area contributed by atoms with E-state index in [0.29, 0.717) is 23.7 Å². The van der Waals surface area contributed by atoms with E-state index in [1.165, 1.54) is 17.5 Å². The minimum atomic E-state index is -3.72. The van der Waals surface area contributed by atoms with E-state index in [-0.39, 0.29) is 14.9 Å². The van der Waals surface area contributed by atoms with E-state index in [9.17, 15) is 18.0 Å². The number of aromatic nitrogens is 1. The summed E-state index contributed by atoms with van der Waals surface area (Å²) in [6.07, 6.45) is 2.65. The molecular weight excluding hydrogens is 410 g/mol. The number of nitrogens with zero attached hydrogens (tertiary/aromatic N) is 2. The van der Waals surface area contributed by atoms with Gasteiger partial charge in [-0.05, 0) is 31.2 Å². The fourth-order valence-corrected chi connectivity index (χ4v) is 6.49. The van der Waals surface area contributed by atoms with E-state index < -0.39 is 21.9 Å². The third kappa shape index (κ3) is 4.05. The molecule has 0 spiro atoms. The Bertz CT molecular complexity index is 958. The number of hydrogen-bond acceptors (Lipinski definition) is 8. The summed E-state index contributed by atoms with van der Waals surface area (Å²) in [5.41, 5.74) is 0.439. The van der Waals surface area contributed by atoms with E-state index in [2.05, 4.69) is 15.0 Å². The number of esters is 1. The maximum Gasteiger partial charge on any atom is 0.350 e. The van der Waals surface area contributed by atoms with Gasteiger partial charge < -0.3 is 4.74 Å². The monoisotopic (exact) mass is 429 g/mol. The van der Waals surface area contributed by atoms with Crippen LogP contribution in [0, 0.1) is 6.92 Å². The van der Waals surface area contributed by atoms with Crippen molar-refractivity contribution in [2.24, 2.45) is 0 Å². The first-order chi connectivity index (χ1) is 12.8. The van der Waals surface area contributed by atoms with Gasteiger partial charge in [-0.3, -0.25) is 10.1 Å². The number of aryl methyl sites for hydroxylation is 1. The second kappa shape index (κ2) is 8.05. The van der Waals surface area contributed by atoms with Gasteiger partial charge in [0.1, 0.15) is 14.6 Å². The largest absolute Gasteiger partial charge is 0.465 e. The molecule has 2 aromatic heterocycles. The van der Waals surface area contributed by atoms with Crippen LogP contribution in [-0.4, -0.2) is 49.8 Å². The molecule has 1 aliphatic heterocycles. The first kappa shape index (κ1) is 19.9. The van der Waals surface area contributed by atoms with E-state index in [0.717, 1.165) is 41.9 Å². The summed E-state index contributed by atoms with van der Waals surface area (Å²) in [5.74, 6) is -1.10. The van der Waals surface area contributed by atoms with E-state index in [1.807, 2.05) is 0 Å². The Morgan fingerprint density at radius 3 is 2.59 bits per heavy atom. The zero-order chi connectivity index (χ0) is 19.6. The first-order valence-electron chi connectivity index (χ1n) is 8.29. The second-order valence-electron chi connectivity index (χ2n) is 5.96. The van der Waals surface area contributed by atoms with Gasteiger partial charge in [0.2, 0.25) is 10.0 Å². The average molecular weight is 430 g/mol. The molecule has 8 nitrogen and oxygen atoms in total. The highest BCUT2D eigenvalue weighted by molar-refractivity contribution is 7.89. The number of anilines is 1. The number of thiophene rings is 1. The van der Waals surface area contributed by atoms with Gasteiger partial charge in [-0.25, -0.2) is 18.2 Å². The Balaban J connectivity index is 1.83. The number of rotatable bonds is 5. The molecule has 0 aliphatic carbocycles. The van der Waals surface area contributed by atoms with Crippen molar-refractivity contribution in [2.75, 3.05) is 25.5 Å². The lowest BCUT2D eigenvalue weighted by Gasteiger charge is -2.25. The number of piperidine rings is 1. The number of carbonyl (C=O) groups excluding carboxylic acids is 2. The van der Waals surface area contributed by atoms with Gasteiger partial charge in [-0.2, -0.15) is 4.31 Å². The predicted octanol–water partition coefficient (Wildman–Crippen LogP) is 2.73. The number of sulfonamides is 1. The summed E-state index contributed by atoms with van der Waals surface area (Å²) >= 11 is 2.04. The van der Waals surface area contributed by atoms with Crippen molar-refractivity contribution >= 4 is 49.7 Å². The summed E-state index contributed by atoms with van der Waals surface area (Å²) in [6, 6.07) is 1.45. The minimum Gasteiger partial charge on any atom is -0.465 e. The van der Waals surface area contributed by atoms with Gasteiger partial charge in [-0.1, -0.05) is 17.8 Å². The molecule has 1 amide bonds. The fraction of sp³-hybridized carbons (Fsp3) is 0.438. The molecule has 1 saturated heterocycles. The molecule has 0 bridgehead atoms. The zero-order valence-corrected chi connectivity index (χ0v) is 17.3. The van der Waals surface area contributed by atoms with E-state index in [1.54, 1.807) is 12.3 Å². The summed E-state index contributed by atoms with van der Waals surface area (Å²) in [5, 5.41) is 4.39. The molecule has 1 fully saturated rings. The molecule has 1 aliphatic rings. The Morgan fingerprint density at radius 1 is 1.22 bits per heavy atom. The van der Waals surface area contributed by atoms with Crippen molar-refractivity contribution in [1.82, 2.24) is 9.29 Å². The van der Waals surface area contributed by atoms with Gasteiger partial charge >= 0.3 is 5.97 Å². The molecule has 3 heterocycles. The second-order valence-corrected chi connectivity index (χ2v) is 9.78. The highest BCUT2D eigenvalue weighted by Crippen LogP contribution is 2.29. The third-order valence-corrected chi connectivity index (χ3v) is 8.19. The number of carbonyl (C=O) groups is 2. The molecule has 2 aromatic rings. The number of methoxy groups -OCH3 is 1. The first-order valence-corrected chi connectivity index (χ1v) is 11.4. The summed E-state index contributed by atoms with van der Waals surface area (Å²) < 4.78 is 31.9. The SMILES string of the molecule is COC(=O)c1sc(NC(=O)c2sccc2S(=O)(=O)N2CCCCC2)nc1C. The van der Waals surface area contributed by atoms with Crippen LogP contribution in [0.4, 0.5) is 5.13 Å². The fourth-order valence-electron chi connectivity index (χ4n) is 2.80. The molecule has 3 rings (SSSR count). The van der Waals surface area contributed by atoms with Crippen LogP contribution in [0.15, 0.2) is 16.3 Å². The maximum atomic E-state index is 12.9. The molecule has 0 aromatic carbocycles. The summed E-state index contributed by atoms with van der Waals surface area (Å²) in [7, 11) is -2.45. The number of amides is 1. The highest BCUT2D eigenvalue weighted by Gasteiger charge is 2.31. The van der Waals surface area contributed by atoms with Crippen LogP contribution in [0.3, 0.4) is 0 Å². The van der Waals surface area contributed by atoms with Crippen LogP contribution in [0.2, 0.25) is 0 Å². The van der Waals surface area contributed by atoms with Crippen LogP contribution >= 0.6 is 22.7 Å². The molecule has 0 saturated carbocycles. The van der Waals surface area contributed by atoms with Gasteiger partial charge in [-0.15, -0.1) is 11.3 Å². The lowest BCUT2D eigenvalue weighted by atomic mass is 10.2. The summed E-state index contributed by atoms with van der Waals surface area (Å²) in [6.45, 7) is 2.57. The Kier molecular flexibility index (Phi) is 5.94. The predicted molar refractivity (Wildman–Crippen MR) is 103 cm³/mol. The van der Waals surface area contributed by atoms with Crippen molar-refractivity contribution in [3.63, 3.8) is 0 Å². The third-order valence-electron chi connectivity index (χ3n) is 4.16. The van der Waals surface area contributed by atoms with Crippen molar-refractivity contribution in [3.8, 4) is 0 Å². The number of hydrogen-bond donors (Lipinski definition) is 1. The van der Waals surface area contributed by atoms with Crippen LogP contribution in [0.5, 0.6) is 0 Å². The van der Waals surface area contributed by atoms with Gasteiger partial charge in [0.25, 0.3) is 5.91 Å². The average Bonchev–Trinajstić information content (AvgIpc) is 3.29. The van der Waals surface area contributed by atoms with Crippen LogP contribution in [0.25, 0.3) is 0 Å². The molecule has 1 N–H and O–H groups in total. The van der Waals surface area contributed by atoms with Crippen LogP contribution in [-0.2, 0) is 14.8 Å². The lowest BCUT2D eigenvalue weighted by molar-refractivity contribution is 0.0605. The highest BCUT2D eigenvalue weighted by atomic mass is 32.2. The molecule has 0 unspecified atom stereocenters. The topological polar surface area (TPSA) is 106 Å².